The summed E-state index contributed by atoms with van der Waals surface area (Å²) in [6.07, 6.45) is -4.46. The van der Waals surface area contributed by atoms with Gasteiger partial charge in [-0.3, -0.25) is 4.79 Å². The maximum Gasteiger partial charge on any atom is 0.416 e. The molecule has 2 heterocycles. The van der Waals surface area contributed by atoms with Crippen LogP contribution in [0.4, 0.5) is 22.0 Å². The molecule has 0 amide bonds. The first-order valence-electron chi connectivity index (χ1n) is 11.5. The molecular formula is C29H16F5N3O. The van der Waals surface area contributed by atoms with E-state index in [1.807, 2.05) is 0 Å². The molecule has 4 nitrogen and oxygen atoms in total. The molecule has 0 bridgehead atoms. The van der Waals surface area contributed by atoms with E-state index in [4.69, 9.17) is 0 Å². The molecule has 2 aromatic heterocycles. The van der Waals surface area contributed by atoms with Gasteiger partial charge in [0.25, 0.3) is 5.56 Å². The summed E-state index contributed by atoms with van der Waals surface area (Å²) >= 11 is 0. The van der Waals surface area contributed by atoms with Crippen LogP contribution in [0.15, 0.2) is 95.8 Å². The second-order valence-corrected chi connectivity index (χ2v) is 8.74. The fourth-order valence-electron chi connectivity index (χ4n) is 4.53. The summed E-state index contributed by atoms with van der Waals surface area (Å²) < 4.78 is 68.8. The van der Waals surface area contributed by atoms with Crippen LogP contribution in [0.25, 0.3) is 50.1 Å². The van der Waals surface area contributed by atoms with Gasteiger partial charge in [0.15, 0.2) is 0 Å². The summed E-state index contributed by atoms with van der Waals surface area (Å²) in [7, 11) is 0. The maximum atomic E-state index is 15.0. The van der Waals surface area contributed by atoms with Crippen LogP contribution < -0.4 is 5.56 Å². The Bertz CT molecular complexity index is 1890. The van der Waals surface area contributed by atoms with Crippen LogP contribution in [0.5, 0.6) is 0 Å². The first kappa shape index (κ1) is 23.6. The lowest BCUT2D eigenvalue weighted by molar-refractivity contribution is -0.137. The van der Waals surface area contributed by atoms with Gasteiger partial charge in [-0.05, 0) is 47.5 Å². The zero-order chi connectivity index (χ0) is 26.6. The number of fused-ring (bicyclic) bond motifs is 2. The Labute approximate surface area is 211 Å². The van der Waals surface area contributed by atoms with Gasteiger partial charge in [0, 0.05) is 17.2 Å². The highest BCUT2D eigenvalue weighted by Crippen LogP contribution is 2.36. The second kappa shape index (κ2) is 8.65. The predicted molar refractivity (Wildman–Crippen MR) is 135 cm³/mol. The third-order valence-electron chi connectivity index (χ3n) is 6.37. The van der Waals surface area contributed by atoms with Crippen molar-refractivity contribution in [3.8, 4) is 33.5 Å². The number of nitrogens with one attached hydrogen (secondary N) is 1. The van der Waals surface area contributed by atoms with E-state index >= 15 is 4.39 Å². The largest absolute Gasteiger partial charge is 0.416 e. The molecule has 38 heavy (non-hydrogen) atoms. The van der Waals surface area contributed by atoms with Crippen molar-refractivity contribution >= 4 is 16.6 Å². The molecule has 0 radical (unpaired) electrons. The Balaban J connectivity index is 1.61. The average Bonchev–Trinajstić information content (AvgIpc) is 3.28. The Morgan fingerprint density at radius 2 is 1.47 bits per heavy atom. The van der Waals surface area contributed by atoms with Gasteiger partial charge in [0.1, 0.15) is 23.0 Å². The van der Waals surface area contributed by atoms with Crippen molar-refractivity contribution in [2.45, 2.75) is 6.18 Å². The molecule has 0 unspecified atom stereocenters. The SMILES string of the molecule is O=c1c2ccc(-c3ccc(C(F)(F)F)cc3)cc2[nH]c2c(-c3ccc(F)cc3F)c(-c3ccccc3)nn12. The topological polar surface area (TPSA) is 50.2 Å². The van der Waals surface area contributed by atoms with Crippen molar-refractivity contribution in [1.82, 2.24) is 14.6 Å². The predicted octanol–water partition coefficient (Wildman–Crippen LogP) is 7.47. The van der Waals surface area contributed by atoms with Crippen molar-refractivity contribution in [3.05, 3.63) is 119 Å². The van der Waals surface area contributed by atoms with Gasteiger partial charge in [-0.25, -0.2) is 8.78 Å². The summed E-state index contributed by atoms with van der Waals surface area (Å²) in [5, 5.41) is 4.77. The molecule has 6 aromatic rings. The molecule has 0 fully saturated rings. The maximum absolute atomic E-state index is 15.0. The van der Waals surface area contributed by atoms with E-state index in [2.05, 4.69) is 10.1 Å². The van der Waals surface area contributed by atoms with Crippen LogP contribution in [0.3, 0.4) is 0 Å². The van der Waals surface area contributed by atoms with Crippen molar-refractivity contribution in [1.29, 1.82) is 0 Å². The van der Waals surface area contributed by atoms with Gasteiger partial charge in [0.05, 0.1) is 22.0 Å². The molecule has 0 saturated carbocycles. The quantitative estimate of drug-likeness (QED) is 0.248. The highest BCUT2D eigenvalue weighted by atomic mass is 19.4. The Morgan fingerprint density at radius 3 is 2.16 bits per heavy atom. The van der Waals surface area contributed by atoms with Crippen LogP contribution in [0.2, 0.25) is 0 Å². The fourth-order valence-corrected chi connectivity index (χ4v) is 4.53. The van der Waals surface area contributed by atoms with Gasteiger partial charge in [-0.1, -0.05) is 48.5 Å². The highest BCUT2D eigenvalue weighted by Gasteiger charge is 2.30. The van der Waals surface area contributed by atoms with Crippen LogP contribution in [0, 0.1) is 11.6 Å². The first-order valence-corrected chi connectivity index (χ1v) is 11.5. The van der Waals surface area contributed by atoms with Crippen molar-refractivity contribution in [2.75, 3.05) is 0 Å². The number of nitrogens with zero attached hydrogens (tertiary/aromatic N) is 2. The first-order chi connectivity index (χ1) is 18.2. The fraction of sp³-hybridized carbons (Fsp3) is 0.0345. The normalized spacial score (nSPS) is 11.9. The van der Waals surface area contributed by atoms with Crippen LogP contribution in [0.1, 0.15) is 5.56 Å². The number of halogens is 5. The minimum atomic E-state index is -4.46. The zero-order valence-electron chi connectivity index (χ0n) is 19.4. The summed E-state index contributed by atoms with van der Waals surface area (Å²) in [5.41, 5.74) is 1.68. The summed E-state index contributed by atoms with van der Waals surface area (Å²) in [4.78, 5) is 16.6. The highest BCUT2D eigenvalue weighted by molar-refractivity contribution is 5.94. The number of hydrogen-bond donors (Lipinski definition) is 1. The van der Waals surface area contributed by atoms with Gasteiger partial charge < -0.3 is 4.98 Å². The van der Waals surface area contributed by atoms with Crippen LogP contribution in [-0.4, -0.2) is 14.6 Å². The van der Waals surface area contributed by atoms with Crippen LogP contribution in [-0.2, 0) is 6.18 Å². The lowest BCUT2D eigenvalue weighted by Gasteiger charge is -2.09. The van der Waals surface area contributed by atoms with Gasteiger partial charge in [-0.15, -0.1) is 0 Å². The zero-order valence-corrected chi connectivity index (χ0v) is 19.4. The molecule has 0 atom stereocenters. The molecule has 1 N–H and O–H groups in total. The average molecular weight is 517 g/mol. The Kier molecular flexibility index (Phi) is 5.37. The van der Waals surface area contributed by atoms with Crippen LogP contribution >= 0.6 is 0 Å². The second-order valence-electron chi connectivity index (χ2n) is 8.74. The molecule has 0 aliphatic rings. The minimum Gasteiger partial charge on any atom is -0.339 e. The van der Waals surface area contributed by atoms with E-state index in [1.165, 1.54) is 18.2 Å². The standard InChI is InChI=1S/C29H16F5N3O/c30-20-11-13-21(23(31)15-20)25-26(17-4-2-1-3-5-17)36-37-27(25)35-24-14-18(8-12-22(24)28(37)38)16-6-9-19(10-7-16)29(32,33)34/h1-15,35H. The number of aromatic nitrogens is 3. The van der Waals surface area contributed by atoms with E-state index in [1.54, 1.807) is 48.5 Å². The third kappa shape index (κ3) is 3.92. The molecule has 4 aromatic carbocycles. The van der Waals surface area contributed by atoms with Gasteiger partial charge >= 0.3 is 6.18 Å². The van der Waals surface area contributed by atoms with E-state index in [-0.39, 0.29) is 22.2 Å². The van der Waals surface area contributed by atoms with Crippen molar-refractivity contribution < 1.29 is 22.0 Å². The molecule has 0 aliphatic carbocycles. The number of rotatable bonds is 3. The molecule has 6 rings (SSSR count). The van der Waals surface area contributed by atoms with E-state index in [9.17, 15) is 22.4 Å². The monoisotopic (exact) mass is 517 g/mol. The minimum absolute atomic E-state index is 0.0501. The molecule has 0 saturated heterocycles. The molecular weight excluding hydrogens is 501 g/mol. The summed E-state index contributed by atoms with van der Waals surface area (Å²) in [6.45, 7) is 0. The van der Waals surface area contributed by atoms with E-state index < -0.39 is 28.9 Å². The summed E-state index contributed by atoms with van der Waals surface area (Å²) in [6, 6.07) is 21.6. The lowest BCUT2D eigenvalue weighted by atomic mass is 10.00. The smallest absolute Gasteiger partial charge is 0.339 e. The molecule has 188 valence electrons. The molecule has 9 heteroatoms. The Hall–Kier alpha value is -4.79. The Morgan fingerprint density at radius 1 is 0.763 bits per heavy atom. The third-order valence-corrected chi connectivity index (χ3v) is 6.37. The number of alkyl halides is 3. The number of aromatic amines is 1. The number of benzene rings is 4. The lowest BCUT2D eigenvalue weighted by Crippen LogP contribution is -2.15. The van der Waals surface area contributed by atoms with Crippen molar-refractivity contribution in [3.63, 3.8) is 0 Å². The van der Waals surface area contributed by atoms with E-state index in [0.29, 0.717) is 27.9 Å². The van der Waals surface area contributed by atoms with Gasteiger partial charge in [-0.2, -0.15) is 22.8 Å². The van der Waals surface area contributed by atoms with E-state index in [0.717, 1.165) is 28.8 Å². The van der Waals surface area contributed by atoms with Crippen molar-refractivity contribution in [2.24, 2.45) is 0 Å². The van der Waals surface area contributed by atoms with Gasteiger partial charge in [0.2, 0.25) is 0 Å². The summed E-state index contributed by atoms with van der Waals surface area (Å²) in [5.74, 6) is -1.57. The molecule has 0 spiro atoms. The molecule has 0 aliphatic heterocycles. The number of hydrogen-bond acceptors (Lipinski definition) is 2. The number of H-pyrrole nitrogens is 1.